The van der Waals surface area contributed by atoms with Crippen molar-refractivity contribution in [2.45, 2.75) is 0 Å². The average Bonchev–Trinajstić information content (AvgIpc) is 1.77. The van der Waals surface area contributed by atoms with Gasteiger partial charge in [0.2, 0.25) is 0 Å². The van der Waals surface area contributed by atoms with E-state index in [2.05, 4.69) is 23.3 Å². The minimum absolute atomic E-state index is 0.861. The normalized spacial score (nSPS) is 17.8. The number of hydrogen-bond donors (Lipinski definition) is 2. The number of rotatable bonds is 0. The van der Waals surface area contributed by atoms with Gasteiger partial charge in [0.25, 0.3) is 0 Å². The van der Waals surface area contributed by atoms with Crippen molar-refractivity contribution < 1.29 is 0 Å². The van der Waals surface area contributed by atoms with Gasteiger partial charge in [-0.1, -0.05) is 0 Å². The third kappa shape index (κ3) is 0.949. The zero-order valence-corrected chi connectivity index (χ0v) is 5.39. The summed E-state index contributed by atoms with van der Waals surface area (Å²) in [6, 6.07) is 0. The molecule has 8 heavy (non-hydrogen) atoms. The number of hydrogen-bond acceptors (Lipinski definition) is 4. The molecule has 0 unspecified atom stereocenters. The first kappa shape index (κ1) is 5.50. The highest BCUT2D eigenvalue weighted by molar-refractivity contribution is 7.84. The fourth-order valence-corrected chi connectivity index (χ4v) is 0.498. The lowest BCUT2D eigenvalue weighted by atomic mass is 10.6. The molecule has 0 fully saturated rings. The molecule has 0 aliphatic carbocycles. The van der Waals surface area contributed by atoms with Gasteiger partial charge in [-0.2, -0.15) is 5.10 Å². The molecule has 1 aliphatic rings. The van der Waals surface area contributed by atoms with Crippen LogP contribution in [0.25, 0.3) is 0 Å². The average molecular weight is 129 g/mol. The number of allylic oxidation sites excluding steroid dienone is 1. The first-order valence-electron chi connectivity index (χ1n) is 2.22. The van der Waals surface area contributed by atoms with Crippen LogP contribution in [-0.2, 0) is 0 Å². The monoisotopic (exact) mass is 129 g/mol. The van der Waals surface area contributed by atoms with E-state index >= 15 is 0 Å². The second kappa shape index (κ2) is 2.09. The van der Waals surface area contributed by atoms with Gasteiger partial charge >= 0.3 is 0 Å². The van der Waals surface area contributed by atoms with Gasteiger partial charge in [0.05, 0.1) is 11.2 Å². The Labute approximate surface area is 53.4 Å². The van der Waals surface area contributed by atoms with Crippen LogP contribution in [0.1, 0.15) is 0 Å². The maximum atomic E-state index is 4.09. The highest BCUT2D eigenvalue weighted by Crippen LogP contribution is 2.03. The molecule has 0 radical (unpaired) electrons. The molecule has 0 bridgehead atoms. The van der Waals surface area contributed by atoms with Crippen LogP contribution in [0.15, 0.2) is 16.2 Å². The van der Waals surface area contributed by atoms with E-state index in [1.165, 1.54) is 0 Å². The zero-order valence-electron chi connectivity index (χ0n) is 4.50. The first-order chi connectivity index (χ1) is 3.80. The molecule has 0 aromatic carbocycles. The van der Waals surface area contributed by atoms with Crippen molar-refractivity contribution in [2.75, 3.05) is 7.05 Å². The fourth-order valence-electron chi connectivity index (χ4n) is 0.387. The summed E-state index contributed by atoms with van der Waals surface area (Å²) in [5.41, 5.74) is 2.69. The molecule has 0 amide bonds. The Morgan fingerprint density at radius 1 is 1.88 bits per heavy atom. The number of nitrogens with zero attached hydrogens (tertiary/aromatic N) is 2. The van der Waals surface area contributed by atoms with Gasteiger partial charge in [0.15, 0.2) is 0 Å². The van der Waals surface area contributed by atoms with Crippen LogP contribution in [0.4, 0.5) is 0 Å². The SMILES string of the molecule is CN1NN=CC=C1S. The summed E-state index contributed by atoms with van der Waals surface area (Å²) in [7, 11) is 1.84. The lowest BCUT2D eigenvalue weighted by molar-refractivity contribution is 0.327. The van der Waals surface area contributed by atoms with E-state index in [9.17, 15) is 0 Å². The predicted molar refractivity (Wildman–Crippen MR) is 36.5 cm³/mol. The van der Waals surface area contributed by atoms with E-state index in [0.29, 0.717) is 0 Å². The van der Waals surface area contributed by atoms with Crippen molar-refractivity contribution in [3.05, 3.63) is 11.1 Å². The molecule has 0 saturated carbocycles. The van der Waals surface area contributed by atoms with Crippen molar-refractivity contribution >= 4 is 18.8 Å². The Morgan fingerprint density at radius 2 is 2.62 bits per heavy atom. The van der Waals surface area contributed by atoms with Gasteiger partial charge in [-0.05, 0) is 6.08 Å². The lowest BCUT2D eigenvalue weighted by Gasteiger charge is -2.18. The predicted octanol–water partition coefficient (Wildman–Crippen LogP) is 0.193. The number of hydrazine groups is 1. The summed E-state index contributed by atoms with van der Waals surface area (Å²) in [6.07, 6.45) is 3.46. The maximum Gasteiger partial charge on any atom is 0.0899 e. The molecule has 3 nitrogen and oxygen atoms in total. The molecule has 1 N–H and O–H groups in total. The highest BCUT2D eigenvalue weighted by atomic mass is 32.1. The molecule has 1 rings (SSSR count). The summed E-state index contributed by atoms with van der Waals surface area (Å²) in [5.74, 6) is 0. The third-order valence-electron chi connectivity index (χ3n) is 0.850. The Hall–Kier alpha value is -0.640. The van der Waals surface area contributed by atoms with Crippen molar-refractivity contribution in [2.24, 2.45) is 5.10 Å². The first-order valence-corrected chi connectivity index (χ1v) is 2.67. The summed E-state index contributed by atoms with van der Waals surface area (Å²) in [6.45, 7) is 0. The molecule has 0 atom stereocenters. The fraction of sp³-hybridized carbons (Fsp3) is 0.250. The summed E-state index contributed by atoms with van der Waals surface area (Å²) < 4.78 is 0. The number of thiol groups is 1. The number of hydrazone groups is 1. The Balaban J connectivity index is 2.66. The van der Waals surface area contributed by atoms with Crippen LogP contribution < -0.4 is 5.53 Å². The van der Waals surface area contributed by atoms with Gasteiger partial charge in [-0.3, -0.25) is 5.01 Å². The molecule has 0 saturated heterocycles. The summed E-state index contributed by atoms with van der Waals surface area (Å²) in [5, 5.41) is 6.31. The van der Waals surface area contributed by atoms with Crippen molar-refractivity contribution in [3.63, 3.8) is 0 Å². The topological polar surface area (TPSA) is 27.6 Å². The Morgan fingerprint density at radius 3 is 3.00 bits per heavy atom. The van der Waals surface area contributed by atoms with E-state index in [1.54, 1.807) is 17.3 Å². The minimum atomic E-state index is 0.861. The van der Waals surface area contributed by atoms with Gasteiger partial charge in [-0.25, -0.2) is 5.53 Å². The van der Waals surface area contributed by atoms with Crippen LogP contribution in [0.5, 0.6) is 0 Å². The second-order valence-electron chi connectivity index (χ2n) is 1.46. The van der Waals surface area contributed by atoms with Crippen LogP contribution in [0.3, 0.4) is 0 Å². The van der Waals surface area contributed by atoms with Crippen molar-refractivity contribution in [1.29, 1.82) is 0 Å². The molecule has 1 aliphatic heterocycles. The van der Waals surface area contributed by atoms with Gasteiger partial charge in [-0.15, -0.1) is 12.6 Å². The van der Waals surface area contributed by atoms with Crippen molar-refractivity contribution in [1.82, 2.24) is 10.5 Å². The van der Waals surface area contributed by atoms with E-state index in [-0.39, 0.29) is 0 Å². The quantitative estimate of drug-likeness (QED) is 0.457. The van der Waals surface area contributed by atoms with Crippen molar-refractivity contribution in [3.8, 4) is 0 Å². The van der Waals surface area contributed by atoms with Crippen LogP contribution in [0, 0.1) is 0 Å². The molecule has 4 heteroatoms. The van der Waals surface area contributed by atoms with Gasteiger partial charge < -0.3 is 0 Å². The Bertz CT molecular complexity index is 140. The van der Waals surface area contributed by atoms with Crippen LogP contribution >= 0.6 is 12.6 Å². The molecular weight excluding hydrogens is 122 g/mol. The molecule has 0 aromatic heterocycles. The highest BCUT2D eigenvalue weighted by Gasteiger charge is 1.97. The number of nitrogens with one attached hydrogen (secondary N) is 1. The summed E-state index contributed by atoms with van der Waals surface area (Å²) >= 11 is 4.09. The summed E-state index contributed by atoms with van der Waals surface area (Å²) in [4.78, 5) is 0. The van der Waals surface area contributed by atoms with Gasteiger partial charge in [0.1, 0.15) is 0 Å². The zero-order chi connectivity index (χ0) is 5.98. The van der Waals surface area contributed by atoms with E-state index < -0.39 is 0 Å². The molecular formula is C4H7N3S. The minimum Gasteiger partial charge on any atom is -0.269 e. The van der Waals surface area contributed by atoms with Crippen LogP contribution in [0.2, 0.25) is 0 Å². The molecule has 44 valence electrons. The standard InChI is InChI=1S/C4H7N3S/c1-7-4(8)2-3-5-6-7/h2-3,6,8H,1H3. The second-order valence-corrected chi connectivity index (χ2v) is 1.92. The third-order valence-corrected chi connectivity index (χ3v) is 1.30. The van der Waals surface area contributed by atoms with Gasteiger partial charge in [0, 0.05) is 7.05 Å². The molecule has 0 aromatic rings. The smallest absolute Gasteiger partial charge is 0.0899 e. The van der Waals surface area contributed by atoms with Crippen LogP contribution in [-0.4, -0.2) is 18.3 Å². The molecule has 1 heterocycles. The maximum absolute atomic E-state index is 4.09. The van der Waals surface area contributed by atoms with E-state index in [4.69, 9.17) is 0 Å². The largest absolute Gasteiger partial charge is 0.269 e. The lowest BCUT2D eigenvalue weighted by Crippen LogP contribution is -2.29. The Kier molecular flexibility index (Phi) is 1.43. The molecule has 0 spiro atoms. The van der Waals surface area contributed by atoms with E-state index in [0.717, 1.165) is 5.03 Å². The van der Waals surface area contributed by atoms with E-state index in [1.807, 2.05) is 7.05 Å².